The second-order valence-electron chi connectivity index (χ2n) is 13.8. The first-order valence-corrected chi connectivity index (χ1v) is 17.3. The molecular formula is C35H47F4N5O4. The number of ether oxygens (including phenoxy) is 1. The van der Waals surface area contributed by atoms with Crippen LogP contribution in [0.15, 0.2) is 30.5 Å². The number of nitrogens with zero attached hydrogens (tertiary/aromatic N) is 3. The van der Waals surface area contributed by atoms with Gasteiger partial charge in [0.2, 0.25) is 18.0 Å². The molecule has 2 aromatic rings. The molecule has 2 heterocycles. The quantitative estimate of drug-likeness (QED) is 0.265. The zero-order valence-corrected chi connectivity index (χ0v) is 27.9. The number of nitrogens with one attached hydrogen (secondary N) is 2. The normalized spacial score (nSPS) is 21.0. The molecule has 1 aromatic heterocycles. The van der Waals surface area contributed by atoms with E-state index in [2.05, 4.69) is 15.7 Å². The average molecular weight is 678 g/mol. The standard InChI is InChI=1S/C35H47F4N5O4/c1-21(2)44-28(16-17-40-44)31(45)42-30(29(23-10-6-4-7-11-23)24-12-8-5-9-13-24)32(46)41-27-15-14-25(20-26(27)36)22(3)33(47)43-18-19-48-34(43)35(37,38)39/h14-17,20-24,29-30,34H,4-13,18-19H2,1-3H3,(H,41,46)(H,42,45). The molecule has 3 fully saturated rings. The van der Waals surface area contributed by atoms with Crippen molar-refractivity contribution in [2.75, 3.05) is 18.5 Å². The third-order valence-corrected chi connectivity index (χ3v) is 10.3. The van der Waals surface area contributed by atoms with Crippen molar-refractivity contribution >= 4 is 23.4 Å². The highest BCUT2D eigenvalue weighted by atomic mass is 19.4. The molecule has 0 bridgehead atoms. The van der Waals surface area contributed by atoms with Crippen molar-refractivity contribution in [1.29, 1.82) is 0 Å². The lowest BCUT2D eigenvalue weighted by molar-refractivity contribution is -0.238. The maximum atomic E-state index is 15.6. The first-order valence-electron chi connectivity index (χ1n) is 17.3. The monoisotopic (exact) mass is 677 g/mol. The number of carbonyl (C=O) groups is 3. The van der Waals surface area contributed by atoms with Crippen LogP contribution in [0.3, 0.4) is 0 Å². The summed E-state index contributed by atoms with van der Waals surface area (Å²) in [5, 5.41) is 10.1. The number of alkyl halides is 3. The Labute approximate surface area is 279 Å². The van der Waals surface area contributed by atoms with Crippen LogP contribution in [0.5, 0.6) is 0 Å². The predicted molar refractivity (Wildman–Crippen MR) is 171 cm³/mol. The van der Waals surface area contributed by atoms with Crippen molar-refractivity contribution in [3.05, 3.63) is 47.5 Å². The van der Waals surface area contributed by atoms with Crippen molar-refractivity contribution in [2.45, 2.75) is 115 Å². The van der Waals surface area contributed by atoms with Crippen LogP contribution in [0.1, 0.15) is 113 Å². The lowest BCUT2D eigenvalue weighted by Gasteiger charge is -2.42. The predicted octanol–water partition coefficient (Wildman–Crippen LogP) is 6.97. The van der Waals surface area contributed by atoms with E-state index in [1.54, 1.807) is 16.9 Å². The van der Waals surface area contributed by atoms with Gasteiger partial charge in [-0.25, -0.2) is 4.39 Å². The minimum absolute atomic E-state index is 0.0836. The average Bonchev–Trinajstić information content (AvgIpc) is 3.77. The van der Waals surface area contributed by atoms with Crippen molar-refractivity contribution in [3.8, 4) is 0 Å². The Bertz CT molecular complexity index is 1420. The van der Waals surface area contributed by atoms with Gasteiger partial charge in [-0.1, -0.05) is 70.3 Å². The summed E-state index contributed by atoms with van der Waals surface area (Å²) in [4.78, 5) is 41.7. The van der Waals surface area contributed by atoms with E-state index in [-0.39, 0.29) is 48.2 Å². The summed E-state index contributed by atoms with van der Waals surface area (Å²) in [6, 6.07) is 4.40. The van der Waals surface area contributed by atoms with Gasteiger partial charge in [0.1, 0.15) is 17.6 Å². The fraction of sp³-hybridized carbons (Fsp3) is 0.657. The Morgan fingerprint density at radius 1 is 0.938 bits per heavy atom. The topological polar surface area (TPSA) is 106 Å². The maximum absolute atomic E-state index is 15.6. The second kappa shape index (κ2) is 15.4. The lowest BCUT2D eigenvalue weighted by Crippen LogP contribution is -2.53. The van der Waals surface area contributed by atoms with E-state index in [1.807, 2.05) is 13.8 Å². The van der Waals surface area contributed by atoms with E-state index < -0.39 is 47.9 Å². The molecule has 0 spiro atoms. The molecule has 3 unspecified atom stereocenters. The van der Waals surface area contributed by atoms with Crippen molar-refractivity contribution in [1.82, 2.24) is 20.0 Å². The van der Waals surface area contributed by atoms with Gasteiger partial charge in [0.25, 0.3) is 5.91 Å². The van der Waals surface area contributed by atoms with Crippen molar-refractivity contribution < 1.29 is 36.7 Å². The molecule has 3 aliphatic rings. The van der Waals surface area contributed by atoms with E-state index in [9.17, 15) is 27.6 Å². The summed E-state index contributed by atoms with van der Waals surface area (Å²) >= 11 is 0. The fourth-order valence-corrected chi connectivity index (χ4v) is 7.90. The second-order valence-corrected chi connectivity index (χ2v) is 13.8. The molecule has 264 valence electrons. The molecule has 9 nitrogen and oxygen atoms in total. The Balaban J connectivity index is 1.40. The van der Waals surface area contributed by atoms with Crippen molar-refractivity contribution in [3.63, 3.8) is 0 Å². The molecule has 2 N–H and O–H groups in total. The number of amides is 3. The molecule has 1 aliphatic heterocycles. The highest BCUT2D eigenvalue weighted by Crippen LogP contribution is 2.42. The first kappa shape index (κ1) is 35.8. The van der Waals surface area contributed by atoms with Crippen LogP contribution in [0, 0.1) is 23.6 Å². The number of rotatable bonds is 10. The van der Waals surface area contributed by atoms with Crippen LogP contribution >= 0.6 is 0 Å². The lowest BCUT2D eigenvalue weighted by atomic mass is 9.66. The van der Waals surface area contributed by atoms with Gasteiger partial charge >= 0.3 is 6.18 Å². The number of anilines is 1. The summed E-state index contributed by atoms with van der Waals surface area (Å²) in [5.41, 5.74) is 0.357. The molecule has 2 saturated carbocycles. The van der Waals surface area contributed by atoms with E-state index in [0.717, 1.165) is 70.3 Å². The first-order chi connectivity index (χ1) is 22.9. The molecule has 48 heavy (non-hydrogen) atoms. The minimum atomic E-state index is -4.75. The van der Waals surface area contributed by atoms with Gasteiger partial charge in [-0.15, -0.1) is 0 Å². The number of halogens is 4. The third-order valence-electron chi connectivity index (χ3n) is 10.3. The largest absolute Gasteiger partial charge is 0.433 e. The molecule has 3 amide bonds. The maximum Gasteiger partial charge on any atom is 0.433 e. The Morgan fingerprint density at radius 2 is 1.56 bits per heavy atom. The van der Waals surface area contributed by atoms with Crippen LogP contribution in [-0.2, 0) is 14.3 Å². The fourth-order valence-electron chi connectivity index (χ4n) is 7.90. The van der Waals surface area contributed by atoms with E-state index in [1.165, 1.54) is 19.1 Å². The number of benzene rings is 1. The van der Waals surface area contributed by atoms with E-state index in [4.69, 9.17) is 4.74 Å². The van der Waals surface area contributed by atoms with Crippen LogP contribution in [0.25, 0.3) is 0 Å². The molecule has 3 atom stereocenters. The van der Waals surface area contributed by atoms with Gasteiger partial charge in [-0.3, -0.25) is 19.1 Å². The van der Waals surface area contributed by atoms with Crippen LogP contribution in [0.4, 0.5) is 23.2 Å². The highest BCUT2D eigenvalue weighted by Gasteiger charge is 2.50. The van der Waals surface area contributed by atoms with Crippen LogP contribution in [-0.4, -0.2) is 64.0 Å². The molecule has 13 heteroatoms. The molecule has 1 saturated heterocycles. The van der Waals surface area contributed by atoms with Crippen LogP contribution < -0.4 is 10.6 Å². The molecule has 5 rings (SSSR count). The van der Waals surface area contributed by atoms with Gasteiger partial charge in [-0.05, 0) is 62.3 Å². The van der Waals surface area contributed by atoms with Crippen molar-refractivity contribution in [2.24, 2.45) is 17.8 Å². The van der Waals surface area contributed by atoms with E-state index in [0.29, 0.717) is 10.6 Å². The number of aromatic nitrogens is 2. The van der Waals surface area contributed by atoms with Gasteiger partial charge in [0, 0.05) is 18.8 Å². The smallest absolute Gasteiger partial charge is 0.348 e. The summed E-state index contributed by atoms with van der Waals surface area (Å²) in [6.45, 7) is 4.76. The molecule has 1 aromatic carbocycles. The Hall–Kier alpha value is -3.48. The van der Waals surface area contributed by atoms with Crippen LogP contribution in [0.2, 0.25) is 0 Å². The third kappa shape index (κ3) is 8.03. The van der Waals surface area contributed by atoms with Gasteiger partial charge in [-0.2, -0.15) is 18.3 Å². The number of carbonyl (C=O) groups excluding carboxylic acids is 3. The van der Waals surface area contributed by atoms with Gasteiger partial charge in [0.05, 0.1) is 18.2 Å². The SMILES string of the molecule is CC(C(=O)N1CCOC1C(F)(F)F)c1ccc(NC(=O)C(NC(=O)c2ccnn2C(C)C)C(C2CCCCC2)C2CCCCC2)c(F)c1. The Kier molecular flexibility index (Phi) is 11.5. The number of hydrogen-bond acceptors (Lipinski definition) is 5. The summed E-state index contributed by atoms with van der Waals surface area (Å²) in [5.74, 6) is -3.41. The van der Waals surface area contributed by atoms with Gasteiger partial charge in [0.15, 0.2) is 0 Å². The zero-order chi connectivity index (χ0) is 34.6. The zero-order valence-electron chi connectivity index (χ0n) is 27.9. The molecule has 0 radical (unpaired) electrons. The highest BCUT2D eigenvalue weighted by molar-refractivity contribution is 6.01. The van der Waals surface area contributed by atoms with Gasteiger partial charge < -0.3 is 20.3 Å². The molecule has 2 aliphatic carbocycles. The summed E-state index contributed by atoms with van der Waals surface area (Å²) in [7, 11) is 0. The number of hydrogen-bond donors (Lipinski definition) is 2. The Morgan fingerprint density at radius 3 is 2.12 bits per heavy atom. The molecular weight excluding hydrogens is 630 g/mol. The summed E-state index contributed by atoms with van der Waals surface area (Å²) in [6.07, 6.45) is 4.74. The van der Waals surface area contributed by atoms with E-state index >= 15 is 4.39 Å². The summed E-state index contributed by atoms with van der Waals surface area (Å²) < 4.78 is 62.2. The minimum Gasteiger partial charge on any atom is -0.348 e.